The van der Waals surface area contributed by atoms with Crippen molar-refractivity contribution in [3.8, 4) is 11.5 Å². The maximum atomic E-state index is 14.4. The molecule has 0 radical (unpaired) electrons. The first-order chi connectivity index (χ1) is 19.9. The molecule has 2 aliphatic rings. The highest BCUT2D eigenvalue weighted by atomic mass is 19.1. The van der Waals surface area contributed by atoms with Gasteiger partial charge in [-0.25, -0.2) is 9.37 Å². The van der Waals surface area contributed by atoms with Gasteiger partial charge >= 0.3 is 0 Å². The van der Waals surface area contributed by atoms with E-state index >= 15 is 0 Å². The number of aryl methyl sites for hydroxylation is 2. The number of pyridine rings is 1. The van der Waals surface area contributed by atoms with Crippen molar-refractivity contribution in [1.82, 2.24) is 20.5 Å². The molecule has 3 heterocycles. The number of amides is 3. The van der Waals surface area contributed by atoms with Gasteiger partial charge in [0, 0.05) is 43.4 Å². The van der Waals surface area contributed by atoms with Gasteiger partial charge in [0.15, 0.2) is 11.5 Å². The normalized spacial score (nSPS) is 20.2. The van der Waals surface area contributed by atoms with Crippen LogP contribution >= 0.6 is 0 Å². The number of carbonyl (C=O) groups excluding carboxylic acids is 3. The third-order valence-electron chi connectivity index (χ3n) is 7.90. The molecule has 2 atom stereocenters. The Hall–Kier alpha value is -4.21. The lowest BCUT2D eigenvalue weighted by Crippen LogP contribution is -2.48. The van der Waals surface area contributed by atoms with Crippen molar-refractivity contribution in [2.24, 2.45) is 0 Å². The Morgan fingerprint density at radius 1 is 0.976 bits per heavy atom. The molecule has 0 spiro atoms. The summed E-state index contributed by atoms with van der Waals surface area (Å²) in [5.41, 5.74) is 2.14. The van der Waals surface area contributed by atoms with E-state index < -0.39 is 5.82 Å². The molecule has 4 bridgehead atoms. The monoisotopic (exact) mass is 562 g/mol. The second-order valence-electron chi connectivity index (χ2n) is 10.6. The van der Waals surface area contributed by atoms with E-state index in [-0.39, 0.29) is 60.4 Å². The van der Waals surface area contributed by atoms with Crippen LogP contribution in [0, 0.1) is 5.82 Å². The van der Waals surface area contributed by atoms with Crippen molar-refractivity contribution in [3.05, 3.63) is 65.1 Å². The first-order valence-corrected chi connectivity index (χ1v) is 14.0. The van der Waals surface area contributed by atoms with Crippen LogP contribution in [0.2, 0.25) is 0 Å². The van der Waals surface area contributed by atoms with Crippen molar-refractivity contribution in [1.29, 1.82) is 0 Å². The first-order valence-electron chi connectivity index (χ1n) is 14.0. The van der Waals surface area contributed by atoms with Gasteiger partial charge in [0.1, 0.15) is 17.0 Å². The Kier molecular flexibility index (Phi) is 8.66. The van der Waals surface area contributed by atoms with Gasteiger partial charge in [-0.1, -0.05) is 24.3 Å². The van der Waals surface area contributed by atoms with Gasteiger partial charge < -0.3 is 25.0 Å². The second-order valence-corrected chi connectivity index (χ2v) is 10.6. The lowest BCUT2D eigenvalue weighted by molar-refractivity contribution is -0.123. The Labute approximate surface area is 238 Å². The number of ether oxygens (including phenoxy) is 2. The zero-order valence-corrected chi connectivity index (χ0v) is 23.4. The van der Waals surface area contributed by atoms with E-state index in [4.69, 9.17) is 9.47 Å². The van der Waals surface area contributed by atoms with Gasteiger partial charge in [-0.05, 0) is 61.4 Å². The summed E-state index contributed by atoms with van der Waals surface area (Å²) in [6.07, 6.45) is 3.49. The summed E-state index contributed by atoms with van der Waals surface area (Å²) < 4.78 is 25.6. The van der Waals surface area contributed by atoms with Gasteiger partial charge in [-0.15, -0.1) is 0 Å². The molecule has 216 valence electrons. The SMILES string of the molecule is COc1cc2cc(c1OC)CCCNC(=O)C[C@@H]1CC[C@H](CNC(=O)CC2)N1C(=O)c1ccc2cccc(F)c2n1. The van der Waals surface area contributed by atoms with E-state index in [9.17, 15) is 18.8 Å². The molecule has 0 aliphatic carbocycles. The molecule has 0 saturated carbocycles. The fourth-order valence-corrected chi connectivity index (χ4v) is 5.86. The average molecular weight is 563 g/mol. The molecule has 1 fully saturated rings. The summed E-state index contributed by atoms with van der Waals surface area (Å²) in [6.45, 7) is 0.714. The summed E-state index contributed by atoms with van der Waals surface area (Å²) in [5.74, 6) is 0.0892. The number of fused-ring (bicyclic) bond motifs is 5. The predicted molar refractivity (Wildman–Crippen MR) is 152 cm³/mol. The zero-order valence-electron chi connectivity index (χ0n) is 23.4. The fourth-order valence-electron chi connectivity index (χ4n) is 5.86. The number of methoxy groups -OCH3 is 2. The summed E-state index contributed by atoms with van der Waals surface area (Å²) >= 11 is 0. The van der Waals surface area contributed by atoms with Crippen molar-refractivity contribution in [2.45, 2.75) is 57.0 Å². The fraction of sp³-hybridized carbons (Fsp3) is 0.419. The highest BCUT2D eigenvalue weighted by molar-refractivity contribution is 5.96. The number of nitrogens with one attached hydrogen (secondary N) is 2. The Balaban J connectivity index is 1.39. The molecule has 2 aliphatic heterocycles. The predicted octanol–water partition coefficient (Wildman–Crippen LogP) is 3.57. The number of rotatable bonds is 3. The maximum absolute atomic E-state index is 14.4. The smallest absolute Gasteiger partial charge is 0.273 e. The third kappa shape index (κ3) is 6.26. The molecule has 5 rings (SSSR count). The van der Waals surface area contributed by atoms with Crippen LogP contribution in [0.15, 0.2) is 42.5 Å². The van der Waals surface area contributed by atoms with Gasteiger partial charge in [0.2, 0.25) is 11.8 Å². The molecule has 1 aromatic heterocycles. The molecule has 41 heavy (non-hydrogen) atoms. The molecule has 0 unspecified atom stereocenters. The summed E-state index contributed by atoms with van der Waals surface area (Å²) in [5, 5.41) is 6.57. The third-order valence-corrected chi connectivity index (χ3v) is 7.90. The number of para-hydroxylation sites is 1. The molecule has 9 nitrogen and oxygen atoms in total. The lowest BCUT2D eigenvalue weighted by Gasteiger charge is -2.30. The number of hydrogen-bond acceptors (Lipinski definition) is 6. The van der Waals surface area contributed by atoms with Gasteiger partial charge in [-0.3, -0.25) is 14.4 Å². The second kappa shape index (κ2) is 12.5. The molecule has 1 saturated heterocycles. The van der Waals surface area contributed by atoms with E-state index in [1.807, 2.05) is 12.1 Å². The largest absolute Gasteiger partial charge is 0.493 e. The minimum Gasteiger partial charge on any atom is -0.493 e. The van der Waals surface area contributed by atoms with Crippen molar-refractivity contribution in [2.75, 3.05) is 27.3 Å². The highest BCUT2D eigenvalue weighted by Gasteiger charge is 2.39. The average Bonchev–Trinajstić information content (AvgIpc) is 3.37. The Bertz CT molecular complexity index is 1460. The first kappa shape index (κ1) is 28.3. The van der Waals surface area contributed by atoms with Crippen molar-refractivity contribution < 1.29 is 28.2 Å². The standard InChI is InChI=1S/C31H35FN4O5/c1-40-26-16-19-8-13-27(37)34-18-23-11-10-22(17-28(38)33-14-4-6-21(15-19)30(26)41-2)36(23)31(39)25-12-9-20-5-3-7-24(32)29(20)35-25/h3,5,7,9,12,15-16,22-23H,4,6,8,10-11,13-14,17-18H2,1-2H3,(H,33,38)(H,34,37)/t22-,23+/m0/s1. The number of halogens is 1. The minimum atomic E-state index is -0.504. The summed E-state index contributed by atoms with van der Waals surface area (Å²) in [6, 6.07) is 11.1. The van der Waals surface area contributed by atoms with Gasteiger partial charge in [0.05, 0.1) is 14.2 Å². The Morgan fingerprint density at radius 2 is 1.80 bits per heavy atom. The number of benzene rings is 2. The molecular weight excluding hydrogens is 527 g/mol. The van der Waals surface area contributed by atoms with Gasteiger partial charge in [0.25, 0.3) is 5.91 Å². The van der Waals surface area contributed by atoms with Crippen LogP contribution in [0.5, 0.6) is 11.5 Å². The van der Waals surface area contributed by atoms with E-state index in [0.29, 0.717) is 55.5 Å². The van der Waals surface area contributed by atoms with Crippen LogP contribution in [-0.4, -0.2) is 67.0 Å². The van der Waals surface area contributed by atoms with Crippen LogP contribution in [0.1, 0.15) is 53.7 Å². The van der Waals surface area contributed by atoms with E-state index in [1.54, 1.807) is 43.4 Å². The lowest BCUT2D eigenvalue weighted by atomic mass is 10.0. The Morgan fingerprint density at radius 3 is 2.61 bits per heavy atom. The number of hydrogen-bond donors (Lipinski definition) is 2. The molecule has 2 aromatic carbocycles. The highest BCUT2D eigenvalue weighted by Crippen LogP contribution is 2.34. The molecular formula is C31H35FN4O5. The van der Waals surface area contributed by atoms with Crippen LogP contribution in [0.25, 0.3) is 10.9 Å². The van der Waals surface area contributed by atoms with E-state index in [2.05, 4.69) is 15.6 Å². The van der Waals surface area contributed by atoms with Gasteiger partial charge in [-0.2, -0.15) is 0 Å². The summed E-state index contributed by atoms with van der Waals surface area (Å²) in [7, 11) is 3.18. The van der Waals surface area contributed by atoms with Crippen molar-refractivity contribution in [3.63, 3.8) is 0 Å². The van der Waals surface area contributed by atoms with Crippen LogP contribution in [0.3, 0.4) is 0 Å². The van der Waals surface area contributed by atoms with E-state index in [1.165, 1.54) is 6.07 Å². The minimum absolute atomic E-state index is 0.110. The van der Waals surface area contributed by atoms with Crippen LogP contribution < -0.4 is 20.1 Å². The van der Waals surface area contributed by atoms with Crippen LogP contribution in [-0.2, 0) is 22.4 Å². The molecule has 3 amide bonds. The maximum Gasteiger partial charge on any atom is 0.273 e. The topological polar surface area (TPSA) is 110 Å². The number of aromatic nitrogens is 1. The number of carbonyl (C=O) groups is 3. The zero-order chi connectivity index (χ0) is 28.9. The van der Waals surface area contributed by atoms with E-state index in [0.717, 1.165) is 11.1 Å². The summed E-state index contributed by atoms with van der Waals surface area (Å²) in [4.78, 5) is 45.6. The van der Waals surface area contributed by atoms with Crippen molar-refractivity contribution >= 4 is 28.6 Å². The quantitative estimate of drug-likeness (QED) is 0.505. The molecule has 3 aromatic rings. The van der Waals surface area contributed by atoms with Crippen LogP contribution in [0.4, 0.5) is 4.39 Å². The molecule has 2 N–H and O–H groups in total. The molecule has 10 heteroatoms. The number of nitrogens with zero attached hydrogens (tertiary/aromatic N) is 2.